The third kappa shape index (κ3) is 4.09. The van der Waals surface area contributed by atoms with E-state index in [1.54, 1.807) is 24.3 Å². The third-order valence-electron chi connectivity index (χ3n) is 4.12. The maximum atomic E-state index is 12.0. The van der Waals surface area contributed by atoms with Crippen LogP contribution >= 0.6 is 11.6 Å². The molecule has 1 aromatic rings. The molecule has 1 amide bonds. The number of hydrogen-bond donors (Lipinski definition) is 1. The molecule has 2 fully saturated rings. The average molecular weight is 322 g/mol. The first-order chi connectivity index (χ1) is 10.7. The maximum absolute atomic E-state index is 12.0. The van der Waals surface area contributed by atoms with E-state index in [4.69, 9.17) is 21.1 Å². The van der Waals surface area contributed by atoms with E-state index < -0.39 is 0 Å². The summed E-state index contributed by atoms with van der Waals surface area (Å²) in [5.41, 5.74) is 0.951. The van der Waals surface area contributed by atoms with Crippen molar-refractivity contribution in [3.05, 3.63) is 40.9 Å². The largest absolute Gasteiger partial charge is 0.373 e. The van der Waals surface area contributed by atoms with E-state index in [1.165, 1.54) is 0 Å². The minimum absolute atomic E-state index is 0.0740. The first-order valence-electron chi connectivity index (χ1n) is 7.68. The van der Waals surface area contributed by atoms with Gasteiger partial charge in [0.2, 0.25) is 5.91 Å². The summed E-state index contributed by atoms with van der Waals surface area (Å²) in [6, 6.07) is 7.53. The lowest BCUT2D eigenvalue weighted by Gasteiger charge is -2.38. The standard InChI is InChI=1S/C17H20ClNO3/c18-13-4-1-12(2-5-13)3-8-17(20)19-14-6-7-15-16(11-14)22-10-9-21-15/h1-5,8,14-16H,6-7,9-11H2,(H,19,20)/b8-3+. The minimum atomic E-state index is -0.0740. The Hall–Kier alpha value is -1.36. The fraction of sp³-hybridized carbons (Fsp3) is 0.471. The molecule has 1 aromatic carbocycles. The molecule has 3 atom stereocenters. The summed E-state index contributed by atoms with van der Waals surface area (Å²) in [5.74, 6) is -0.0740. The quantitative estimate of drug-likeness (QED) is 0.871. The van der Waals surface area contributed by atoms with Gasteiger partial charge in [0.25, 0.3) is 0 Å². The van der Waals surface area contributed by atoms with E-state index in [-0.39, 0.29) is 24.2 Å². The highest BCUT2D eigenvalue weighted by molar-refractivity contribution is 6.30. The molecule has 2 aliphatic rings. The van der Waals surface area contributed by atoms with Gasteiger partial charge in [0.15, 0.2) is 0 Å². The Morgan fingerprint density at radius 1 is 1.14 bits per heavy atom. The first kappa shape index (κ1) is 15.5. The predicted molar refractivity (Wildman–Crippen MR) is 85.7 cm³/mol. The van der Waals surface area contributed by atoms with Gasteiger partial charge in [-0.1, -0.05) is 23.7 Å². The Labute approximate surface area is 135 Å². The van der Waals surface area contributed by atoms with Crippen LogP contribution in [0.1, 0.15) is 24.8 Å². The number of ether oxygens (including phenoxy) is 2. The summed E-state index contributed by atoms with van der Waals surface area (Å²) in [5, 5.41) is 3.73. The Bertz CT molecular complexity index is 543. The first-order valence-corrected chi connectivity index (χ1v) is 8.06. The van der Waals surface area contributed by atoms with Crippen LogP contribution in [0.4, 0.5) is 0 Å². The second kappa shape index (κ2) is 7.27. The van der Waals surface area contributed by atoms with Crippen molar-refractivity contribution in [2.24, 2.45) is 0 Å². The number of amides is 1. The lowest BCUT2D eigenvalue weighted by atomic mass is 9.89. The van der Waals surface area contributed by atoms with Crippen molar-refractivity contribution >= 4 is 23.6 Å². The maximum Gasteiger partial charge on any atom is 0.244 e. The van der Waals surface area contributed by atoms with Gasteiger partial charge < -0.3 is 14.8 Å². The summed E-state index contributed by atoms with van der Waals surface area (Å²) in [6.45, 7) is 1.33. The minimum Gasteiger partial charge on any atom is -0.373 e. The molecule has 118 valence electrons. The van der Waals surface area contributed by atoms with Gasteiger partial charge in [-0.3, -0.25) is 4.79 Å². The molecule has 1 aliphatic heterocycles. The molecule has 3 unspecified atom stereocenters. The molecule has 1 heterocycles. The summed E-state index contributed by atoms with van der Waals surface area (Å²) in [6.07, 6.45) is 6.37. The van der Waals surface area contributed by atoms with Crippen LogP contribution in [0, 0.1) is 0 Å². The monoisotopic (exact) mass is 321 g/mol. The molecule has 0 spiro atoms. The second-order valence-corrected chi connectivity index (χ2v) is 6.16. The Kier molecular flexibility index (Phi) is 5.13. The average Bonchev–Trinajstić information content (AvgIpc) is 2.54. The van der Waals surface area contributed by atoms with Crippen LogP contribution in [0.5, 0.6) is 0 Å². The zero-order valence-electron chi connectivity index (χ0n) is 12.3. The molecule has 0 aromatic heterocycles. The van der Waals surface area contributed by atoms with Gasteiger partial charge in [0.1, 0.15) is 0 Å². The van der Waals surface area contributed by atoms with Crippen molar-refractivity contribution in [3.8, 4) is 0 Å². The van der Waals surface area contributed by atoms with Crippen LogP contribution in [0.25, 0.3) is 6.08 Å². The van der Waals surface area contributed by atoms with Crippen molar-refractivity contribution < 1.29 is 14.3 Å². The van der Waals surface area contributed by atoms with Crippen molar-refractivity contribution in [1.29, 1.82) is 0 Å². The Morgan fingerprint density at radius 2 is 1.86 bits per heavy atom. The van der Waals surface area contributed by atoms with Crippen molar-refractivity contribution in [2.45, 2.75) is 37.5 Å². The van der Waals surface area contributed by atoms with Gasteiger partial charge in [0, 0.05) is 17.1 Å². The molecule has 1 saturated carbocycles. The number of carbonyl (C=O) groups excluding carboxylic acids is 1. The predicted octanol–water partition coefficient (Wildman–Crippen LogP) is 2.81. The summed E-state index contributed by atoms with van der Waals surface area (Å²) < 4.78 is 11.4. The highest BCUT2D eigenvalue weighted by Gasteiger charge is 2.34. The number of nitrogens with one attached hydrogen (secondary N) is 1. The lowest BCUT2D eigenvalue weighted by Crippen LogP contribution is -2.49. The molecule has 0 bridgehead atoms. The normalized spacial score (nSPS) is 28.3. The van der Waals surface area contributed by atoms with E-state index in [9.17, 15) is 4.79 Å². The van der Waals surface area contributed by atoms with Gasteiger partial charge >= 0.3 is 0 Å². The van der Waals surface area contributed by atoms with Crippen LogP contribution in [0.2, 0.25) is 5.02 Å². The second-order valence-electron chi connectivity index (χ2n) is 5.72. The number of benzene rings is 1. The van der Waals surface area contributed by atoms with Crippen molar-refractivity contribution in [1.82, 2.24) is 5.32 Å². The van der Waals surface area contributed by atoms with E-state index in [2.05, 4.69) is 5.32 Å². The molecular weight excluding hydrogens is 302 g/mol. The Morgan fingerprint density at radius 3 is 2.64 bits per heavy atom. The third-order valence-corrected chi connectivity index (χ3v) is 4.37. The Balaban J connectivity index is 1.50. The van der Waals surface area contributed by atoms with Crippen LogP contribution < -0.4 is 5.32 Å². The molecule has 4 nitrogen and oxygen atoms in total. The zero-order chi connectivity index (χ0) is 15.4. The van der Waals surface area contributed by atoms with Gasteiger partial charge in [-0.2, -0.15) is 0 Å². The number of carbonyl (C=O) groups is 1. The highest BCUT2D eigenvalue weighted by atomic mass is 35.5. The molecule has 0 radical (unpaired) electrons. The summed E-state index contributed by atoms with van der Waals surface area (Å²) in [4.78, 5) is 12.0. The van der Waals surface area contributed by atoms with E-state index in [0.29, 0.717) is 18.2 Å². The molecule has 22 heavy (non-hydrogen) atoms. The SMILES string of the molecule is O=C(/C=C/c1ccc(Cl)cc1)NC1CCC2OCCOC2C1. The van der Waals surface area contributed by atoms with Gasteiger partial charge in [0.05, 0.1) is 25.4 Å². The molecule has 1 saturated heterocycles. The van der Waals surface area contributed by atoms with Crippen LogP contribution in [-0.4, -0.2) is 37.4 Å². The fourth-order valence-electron chi connectivity index (χ4n) is 2.99. The summed E-state index contributed by atoms with van der Waals surface area (Å²) in [7, 11) is 0. The topological polar surface area (TPSA) is 47.6 Å². The molecule has 5 heteroatoms. The number of fused-ring (bicyclic) bond motifs is 1. The number of halogens is 1. The van der Waals surface area contributed by atoms with Gasteiger partial charge in [-0.15, -0.1) is 0 Å². The van der Waals surface area contributed by atoms with E-state index in [1.807, 2.05) is 12.1 Å². The van der Waals surface area contributed by atoms with E-state index in [0.717, 1.165) is 24.8 Å². The molecule has 1 N–H and O–H groups in total. The molecule has 3 rings (SSSR count). The zero-order valence-corrected chi connectivity index (χ0v) is 13.1. The van der Waals surface area contributed by atoms with Crippen LogP contribution in [0.15, 0.2) is 30.3 Å². The van der Waals surface area contributed by atoms with Crippen molar-refractivity contribution in [2.75, 3.05) is 13.2 Å². The van der Waals surface area contributed by atoms with Gasteiger partial charge in [-0.05, 0) is 43.0 Å². The van der Waals surface area contributed by atoms with Crippen LogP contribution in [-0.2, 0) is 14.3 Å². The summed E-state index contributed by atoms with van der Waals surface area (Å²) >= 11 is 5.83. The lowest BCUT2D eigenvalue weighted by molar-refractivity contribution is -0.158. The number of rotatable bonds is 3. The molecular formula is C17H20ClNO3. The number of hydrogen-bond acceptors (Lipinski definition) is 3. The van der Waals surface area contributed by atoms with E-state index >= 15 is 0 Å². The van der Waals surface area contributed by atoms with Crippen LogP contribution in [0.3, 0.4) is 0 Å². The highest BCUT2D eigenvalue weighted by Crippen LogP contribution is 2.26. The fourth-order valence-corrected chi connectivity index (χ4v) is 3.12. The van der Waals surface area contributed by atoms with Gasteiger partial charge in [-0.25, -0.2) is 0 Å². The smallest absolute Gasteiger partial charge is 0.244 e. The molecule has 1 aliphatic carbocycles. The van der Waals surface area contributed by atoms with Crippen molar-refractivity contribution in [3.63, 3.8) is 0 Å².